The van der Waals surface area contributed by atoms with Gasteiger partial charge in [0.25, 0.3) is 0 Å². The zero-order chi connectivity index (χ0) is 11.7. The van der Waals surface area contributed by atoms with Crippen molar-refractivity contribution in [3.05, 3.63) is 29.3 Å². The van der Waals surface area contributed by atoms with Crippen molar-refractivity contribution in [3.8, 4) is 0 Å². The Morgan fingerprint density at radius 1 is 1.56 bits per heavy atom. The van der Waals surface area contributed by atoms with Crippen LogP contribution < -0.4 is 10.6 Å². The number of carbonyl (C=O) groups is 1. The van der Waals surface area contributed by atoms with Gasteiger partial charge in [0.15, 0.2) is 0 Å². The summed E-state index contributed by atoms with van der Waals surface area (Å²) in [4.78, 5) is 11.7. The van der Waals surface area contributed by atoms with Crippen LogP contribution in [0.4, 0.5) is 5.69 Å². The van der Waals surface area contributed by atoms with Crippen LogP contribution in [-0.2, 0) is 4.79 Å². The Morgan fingerprint density at radius 3 is 3.00 bits per heavy atom. The van der Waals surface area contributed by atoms with E-state index < -0.39 is 6.10 Å². The number of aliphatic hydroxyl groups is 1. The van der Waals surface area contributed by atoms with Crippen LogP contribution in [0.1, 0.15) is 24.1 Å². The number of aliphatic hydroxyl groups excluding tert-OH is 1. The van der Waals surface area contributed by atoms with Crippen molar-refractivity contribution < 1.29 is 9.90 Å². The molecular formula is C12H16N2O2. The van der Waals surface area contributed by atoms with Crippen LogP contribution in [0.5, 0.6) is 0 Å². The third kappa shape index (κ3) is 1.94. The Hall–Kier alpha value is -1.39. The standard InChI is InChI=1S/C12H16N2O2/c1-7-4-3-5-9-10(7)14-12(16)11(9)13-6-8(2)15/h3-5,8,11,13,15H,6H2,1-2H3,(H,14,16). The lowest BCUT2D eigenvalue weighted by Crippen LogP contribution is -2.32. The van der Waals surface area contributed by atoms with Crippen molar-refractivity contribution in [1.82, 2.24) is 5.32 Å². The van der Waals surface area contributed by atoms with Gasteiger partial charge >= 0.3 is 0 Å². The molecule has 86 valence electrons. The van der Waals surface area contributed by atoms with Gasteiger partial charge < -0.3 is 10.4 Å². The SMILES string of the molecule is Cc1cccc2c1NC(=O)C2NCC(C)O. The molecule has 0 aromatic heterocycles. The van der Waals surface area contributed by atoms with Gasteiger partial charge in [0, 0.05) is 17.8 Å². The van der Waals surface area contributed by atoms with Gasteiger partial charge in [0.2, 0.25) is 5.91 Å². The summed E-state index contributed by atoms with van der Waals surface area (Å²) in [7, 11) is 0. The summed E-state index contributed by atoms with van der Waals surface area (Å²) in [6.07, 6.45) is -0.457. The molecule has 2 rings (SSSR count). The van der Waals surface area contributed by atoms with Crippen LogP contribution >= 0.6 is 0 Å². The quantitative estimate of drug-likeness (QED) is 0.711. The first-order valence-electron chi connectivity index (χ1n) is 5.41. The van der Waals surface area contributed by atoms with Gasteiger partial charge in [0.1, 0.15) is 6.04 Å². The van der Waals surface area contributed by atoms with Crippen molar-refractivity contribution in [2.75, 3.05) is 11.9 Å². The predicted octanol–water partition coefficient (Wildman–Crippen LogP) is 0.959. The number of nitrogens with one attached hydrogen (secondary N) is 2. The fraction of sp³-hybridized carbons (Fsp3) is 0.417. The van der Waals surface area contributed by atoms with E-state index in [0.717, 1.165) is 16.8 Å². The summed E-state index contributed by atoms with van der Waals surface area (Å²) in [6.45, 7) is 4.07. The van der Waals surface area contributed by atoms with Crippen molar-refractivity contribution in [2.24, 2.45) is 0 Å². The first kappa shape index (κ1) is 11.1. The number of hydrogen-bond donors (Lipinski definition) is 3. The van der Waals surface area contributed by atoms with Crippen LogP contribution in [0, 0.1) is 6.92 Å². The van der Waals surface area contributed by atoms with Gasteiger partial charge in [-0.1, -0.05) is 18.2 Å². The van der Waals surface area contributed by atoms with E-state index in [4.69, 9.17) is 0 Å². The highest BCUT2D eigenvalue weighted by molar-refractivity contribution is 6.03. The normalized spacial score (nSPS) is 20.4. The zero-order valence-corrected chi connectivity index (χ0v) is 9.45. The van der Waals surface area contributed by atoms with Gasteiger partial charge in [0.05, 0.1) is 6.10 Å². The minimum Gasteiger partial charge on any atom is -0.392 e. The molecule has 0 fully saturated rings. The minimum absolute atomic E-state index is 0.0510. The monoisotopic (exact) mass is 220 g/mol. The molecule has 0 spiro atoms. The zero-order valence-electron chi connectivity index (χ0n) is 9.45. The van der Waals surface area contributed by atoms with Gasteiger partial charge in [-0.25, -0.2) is 0 Å². The molecule has 0 bridgehead atoms. The average molecular weight is 220 g/mol. The Bertz CT molecular complexity index is 415. The van der Waals surface area contributed by atoms with E-state index in [2.05, 4.69) is 10.6 Å². The van der Waals surface area contributed by atoms with Crippen LogP contribution in [-0.4, -0.2) is 23.7 Å². The largest absolute Gasteiger partial charge is 0.392 e. The van der Waals surface area contributed by atoms with Crippen molar-refractivity contribution in [1.29, 1.82) is 0 Å². The molecule has 3 N–H and O–H groups in total. The van der Waals surface area contributed by atoms with E-state index in [0.29, 0.717) is 6.54 Å². The summed E-state index contributed by atoms with van der Waals surface area (Å²) < 4.78 is 0. The number of para-hydroxylation sites is 1. The number of carbonyl (C=O) groups excluding carboxylic acids is 1. The third-order valence-corrected chi connectivity index (χ3v) is 2.74. The van der Waals surface area contributed by atoms with Gasteiger partial charge in [-0.05, 0) is 19.4 Å². The Balaban J connectivity index is 2.23. The lowest BCUT2D eigenvalue weighted by molar-refractivity contribution is -0.117. The lowest BCUT2D eigenvalue weighted by Gasteiger charge is -2.12. The number of amides is 1. The number of aryl methyl sites for hydroxylation is 1. The first-order chi connectivity index (χ1) is 7.59. The Kier molecular flexibility index (Phi) is 2.94. The molecule has 2 atom stereocenters. The summed E-state index contributed by atoms with van der Waals surface area (Å²) in [5, 5.41) is 15.1. The number of anilines is 1. The van der Waals surface area contributed by atoms with E-state index in [1.54, 1.807) is 6.92 Å². The van der Waals surface area contributed by atoms with E-state index in [9.17, 15) is 9.90 Å². The van der Waals surface area contributed by atoms with E-state index in [1.165, 1.54) is 0 Å². The van der Waals surface area contributed by atoms with Crippen molar-refractivity contribution in [3.63, 3.8) is 0 Å². The fourth-order valence-corrected chi connectivity index (χ4v) is 1.93. The minimum atomic E-state index is -0.457. The molecule has 1 aliphatic heterocycles. The van der Waals surface area contributed by atoms with Crippen LogP contribution in [0.15, 0.2) is 18.2 Å². The first-order valence-corrected chi connectivity index (χ1v) is 5.41. The smallest absolute Gasteiger partial charge is 0.246 e. The number of benzene rings is 1. The van der Waals surface area contributed by atoms with Gasteiger partial charge in [-0.3, -0.25) is 10.1 Å². The van der Waals surface area contributed by atoms with E-state index >= 15 is 0 Å². The highest BCUT2D eigenvalue weighted by Crippen LogP contribution is 2.32. The molecule has 0 radical (unpaired) electrons. The molecule has 2 unspecified atom stereocenters. The molecule has 4 heteroatoms. The second-order valence-corrected chi connectivity index (χ2v) is 4.22. The van der Waals surface area contributed by atoms with Crippen LogP contribution in [0.2, 0.25) is 0 Å². The second-order valence-electron chi connectivity index (χ2n) is 4.22. The molecule has 1 heterocycles. The summed E-state index contributed by atoms with van der Waals surface area (Å²) in [6, 6.07) is 5.49. The van der Waals surface area contributed by atoms with Crippen LogP contribution in [0.3, 0.4) is 0 Å². The molecule has 0 saturated carbocycles. The molecular weight excluding hydrogens is 204 g/mol. The van der Waals surface area contributed by atoms with E-state index in [-0.39, 0.29) is 11.9 Å². The molecule has 1 aromatic carbocycles. The summed E-state index contributed by atoms with van der Waals surface area (Å²) in [5.74, 6) is -0.0510. The average Bonchev–Trinajstić information content (AvgIpc) is 2.53. The lowest BCUT2D eigenvalue weighted by atomic mass is 10.1. The van der Waals surface area contributed by atoms with Crippen molar-refractivity contribution in [2.45, 2.75) is 26.0 Å². The second kappa shape index (κ2) is 4.23. The number of fused-ring (bicyclic) bond motifs is 1. The maximum absolute atomic E-state index is 11.7. The summed E-state index contributed by atoms with van der Waals surface area (Å²) >= 11 is 0. The van der Waals surface area contributed by atoms with E-state index in [1.807, 2.05) is 25.1 Å². The topological polar surface area (TPSA) is 61.4 Å². The molecule has 4 nitrogen and oxygen atoms in total. The molecule has 1 amide bonds. The molecule has 0 aliphatic carbocycles. The van der Waals surface area contributed by atoms with Gasteiger partial charge in [-0.15, -0.1) is 0 Å². The maximum Gasteiger partial charge on any atom is 0.246 e. The predicted molar refractivity (Wildman–Crippen MR) is 62.2 cm³/mol. The maximum atomic E-state index is 11.7. The highest BCUT2D eigenvalue weighted by Gasteiger charge is 2.30. The Labute approximate surface area is 94.7 Å². The van der Waals surface area contributed by atoms with Crippen molar-refractivity contribution >= 4 is 11.6 Å². The third-order valence-electron chi connectivity index (χ3n) is 2.74. The molecule has 16 heavy (non-hydrogen) atoms. The number of hydrogen-bond acceptors (Lipinski definition) is 3. The number of rotatable bonds is 3. The molecule has 1 aromatic rings. The molecule has 1 aliphatic rings. The Morgan fingerprint density at radius 2 is 2.31 bits per heavy atom. The molecule has 0 saturated heterocycles. The summed E-state index contributed by atoms with van der Waals surface area (Å²) in [5.41, 5.74) is 2.92. The fourth-order valence-electron chi connectivity index (χ4n) is 1.93. The highest BCUT2D eigenvalue weighted by atomic mass is 16.3. The van der Waals surface area contributed by atoms with Crippen LogP contribution in [0.25, 0.3) is 0 Å². The van der Waals surface area contributed by atoms with Gasteiger partial charge in [-0.2, -0.15) is 0 Å².